The van der Waals surface area contributed by atoms with E-state index >= 15 is 0 Å². The van der Waals surface area contributed by atoms with Gasteiger partial charge in [-0.05, 0) is 37.8 Å². The van der Waals surface area contributed by atoms with Gasteiger partial charge in [-0.2, -0.15) is 0 Å². The zero-order valence-electron chi connectivity index (χ0n) is 10.9. The van der Waals surface area contributed by atoms with E-state index in [2.05, 4.69) is 16.1 Å². The average molecular weight is 265 g/mol. The summed E-state index contributed by atoms with van der Waals surface area (Å²) in [5.41, 5.74) is 2.19. The molecule has 98 valence electrons. The highest BCUT2D eigenvalue weighted by molar-refractivity contribution is 7.12. The largest absolute Gasteiger partial charge is 0.466 e. The van der Waals surface area contributed by atoms with Crippen LogP contribution in [0.4, 0.5) is 0 Å². The summed E-state index contributed by atoms with van der Waals surface area (Å²) in [6.45, 7) is 3.35. The molecule has 0 atom stereocenters. The molecule has 1 N–H and O–H groups in total. The molecule has 4 heteroatoms. The number of carbonyl (C=O) groups is 1. The molecule has 0 radical (unpaired) electrons. The maximum absolute atomic E-state index is 11.2. The number of methoxy groups -OCH3 is 1. The molecule has 0 unspecified atom stereocenters. The molecule has 0 saturated heterocycles. The average Bonchev–Trinajstić information content (AvgIpc) is 2.93. The first-order chi connectivity index (χ1) is 8.70. The minimum absolute atomic E-state index is 0.257. The fraction of sp³-hybridized carbons (Fsp3) is 0.500. The van der Waals surface area contributed by atoms with Crippen molar-refractivity contribution in [1.82, 2.24) is 5.32 Å². The Balaban J connectivity index is 1.77. The summed E-state index contributed by atoms with van der Waals surface area (Å²) in [4.78, 5) is 14.1. The van der Waals surface area contributed by atoms with Gasteiger partial charge in [0.2, 0.25) is 0 Å². The van der Waals surface area contributed by atoms with E-state index in [0.717, 1.165) is 6.54 Å². The molecular weight excluding hydrogens is 246 g/mol. The van der Waals surface area contributed by atoms with Gasteiger partial charge in [0.25, 0.3) is 0 Å². The van der Waals surface area contributed by atoms with Crippen LogP contribution in [-0.4, -0.2) is 19.6 Å². The van der Waals surface area contributed by atoms with Gasteiger partial charge in [0.05, 0.1) is 7.11 Å². The normalized spacial score (nSPS) is 14.7. The summed E-state index contributed by atoms with van der Waals surface area (Å²) in [7, 11) is 1.40. The van der Waals surface area contributed by atoms with Gasteiger partial charge in [-0.15, -0.1) is 11.3 Å². The molecule has 0 aromatic carbocycles. The van der Waals surface area contributed by atoms with Crippen LogP contribution in [0.3, 0.4) is 0 Å². The number of hydrogen-bond donors (Lipinski definition) is 1. The van der Waals surface area contributed by atoms with E-state index in [4.69, 9.17) is 0 Å². The summed E-state index contributed by atoms with van der Waals surface area (Å²) in [5.74, 6) is -0.257. The Morgan fingerprint density at radius 1 is 1.56 bits per heavy atom. The third-order valence-electron chi connectivity index (χ3n) is 3.16. The van der Waals surface area contributed by atoms with Crippen molar-refractivity contribution in [2.45, 2.75) is 32.7 Å². The van der Waals surface area contributed by atoms with Crippen LogP contribution in [0.1, 0.15) is 28.7 Å². The predicted octanol–water partition coefficient (Wildman–Crippen LogP) is 2.45. The summed E-state index contributed by atoms with van der Waals surface area (Å²) < 4.78 is 4.64. The Bertz CT molecular complexity index is 441. The number of esters is 1. The molecule has 18 heavy (non-hydrogen) atoms. The van der Waals surface area contributed by atoms with E-state index in [0.29, 0.717) is 12.1 Å². The molecule has 1 heterocycles. The van der Waals surface area contributed by atoms with Crippen LogP contribution in [0.25, 0.3) is 0 Å². The van der Waals surface area contributed by atoms with Crippen LogP contribution in [0.2, 0.25) is 0 Å². The van der Waals surface area contributed by atoms with Gasteiger partial charge in [-0.1, -0.05) is 6.08 Å². The minimum Gasteiger partial charge on any atom is -0.466 e. The first kappa shape index (κ1) is 13.3. The lowest BCUT2D eigenvalue weighted by Crippen LogP contribution is -2.13. The molecule has 1 aliphatic carbocycles. The summed E-state index contributed by atoms with van der Waals surface area (Å²) >= 11 is 1.92. The third-order valence-corrected chi connectivity index (χ3v) is 4.39. The molecule has 1 aliphatic rings. The van der Waals surface area contributed by atoms with Gasteiger partial charge in [-0.25, -0.2) is 4.79 Å². The van der Waals surface area contributed by atoms with Crippen LogP contribution in [0.15, 0.2) is 17.7 Å². The van der Waals surface area contributed by atoms with Gasteiger partial charge < -0.3 is 10.1 Å². The number of hydrogen-bond acceptors (Lipinski definition) is 4. The number of aryl methyl sites for hydroxylation is 2. The van der Waals surface area contributed by atoms with Crippen LogP contribution in [-0.2, 0) is 28.9 Å². The SMILES string of the molecule is COC(=O)C(C)=CCNCc1cc2c(s1)CCC2. The lowest BCUT2D eigenvalue weighted by Gasteiger charge is -2.01. The Hall–Kier alpha value is -1.13. The highest BCUT2D eigenvalue weighted by Crippen LogP contribution is 2.30. The van der Waals surface area contributed by atoms with Crippen LogP contribution < -0.4 is 5.32 Å². The lowest BCUT2D eigenvalue weighted by molar-refractivity contribution is -0.136. The molecule has 0 saturated carbocycles. The molecule has 0 aliphatic heterocycles. The summed E-state index contributed by atoms with van der Waals surface area (Å²) in [6, 6.07) is 2.32. The van der Waals surface area contributed by atoms with E-state index < -0.39 is 0 Å². The molecule has 0 amide bonds. The van der Waals surface area contributed by atoms with Gasteiger partial charge in [0.15, 0.2) is 0 Å². The number of rotatable bonds is 5. The number of carbonyl (C=O) groups excluding carboxylic acids is 1. The fourth-order valence-corrected chi connectivity index (χ4v) is 3.37. The molecule has 0 spiro atoms. The highest BCUT2D eigenvalue weighted by atomic mass is 32.1. The maximum Gasteiger partial charge on any atom is 0.333 e. The van der Waals surface area contributed by atoms with Crippen molar-refractivity contribution < 1.29 is 9.53 Å². The van der Waals surface area contributed by atoms with E-state index in [1.54, 1.807) is 11.8 Å². The van der Waals surface area contributed by atoms with E-state index in [1.807, 2.05) is 17.4 Å². The number of fused-ring (bicyclic) bond motifs is 1. The third kappa shape index (κ3) is 3.21. The zero-order chi connectivity index (χ0) is 13.0. The molecule has 2 rings (SSSR count). The number of nitrogens with one attached hydrogen (secondary N) is 1. The highest BCUT2D eigenvalue weighted by Gasteiger charge is 2.14. The van der Waals surface area contributed by atoms with Crippen molar-refractivity contribution in [3.05, 3.63) is 33.0 Å². The van der Waals surface area contributed by atoms with Crippen LogP contribution >= 0.6 is 11.3 Å². The number of thiophene rings is 1. The maximum atomic E-state index is 11.2. The summed E-state index contributed by atoms with van der Waals surface area (Å²) in [6.07, 6.45) is 5.68. The predicted molar refractivity (Wildman–Crippen MR) is 73.8 cm³/mol. The topological polar surface area (TPSA) is 38.3 Å². The smallest absolute Gasteiger partial charge is 0.333 e. The molecular formula is C14H19NO2S. The molecule has 0 fully saturated rings. The van der Waals surface area contributed by atoms with Gasteiger partial charge >= 0.3 is 5.97 Å². The van der Waals surface area contributed by atoms with Crippen molar-refractivity contribution in [3.8, 4) is 0 Å². The second-order valence-corrected chi connectivity index (χ2v) is 5.75. The minimum atomic E-state index is -0.257. The molecule has 3 nitrogen and oxygen atoms in total. The van der Waals surface area contributed by atoms with Gasteiger partial charge in [-0.3, -0.25) is 0 Å². The lowest BCUT2D eigenvalue weighted by atomic mass is 10.2. The van der Waals surface area contributed by atoms with E-state index in [-0.39, 0.29) is 5.97 Å². The Labute approximate surface area is 112 Å². The fourth-order valence-electron chi connectivity index (χ4n) is 2.14. The van der Waals surface area contributed by atoms with E-state index in [9.17, 15) is 4.79 Å². The van der Waals surface area contributed by atoms with E-state index in [1.165, 1.54) is 36.8 Å². The second-order valence-electron chi connectivity index (χ2n) is 4.52. The zero-order valence-corrected chi connectivity index (χ0v) is 11.7. The van der Waals surface area contributed by atoms with Crippen molar-refractivity contribution in [3.63, 3.8) is 0 Å². The molecule has 1 aromatic rings. The molecule has 1 aromatic heterocycles. The van der Waals surface area contributed by atoms with Crippen LogP contribution in [0.5, 0.6) is 0 Å². The summed E-state index contributed by atoms with van der Waals surface area (Å²) in [5, 5.41) is 3.33. The monoisotopic (exact) mass is 265 g/mol. The standard InChI is InChI=1S/C14H19NO2S/c1-10(14(16)17-2)6-7-15-9-12-8-11-4-3-5-13(11)18-12/h6,8,15H,3-5,7,9H2,1-2H3. The number of ether oxygens (including phenoxy) is 1. The molecule has 0 bridgehead atoms. The van der Waals surface area contributed by atoms with Crippen molar-refractivity contribution >= 4 is 17.3 Å². The van der Waals surface area contributed by atoms with Crippen molar-refractivity contribution in [2.24, 2.45) is 0 Å². The van der Waals surface area contributed by atoms with Crippen molar-refractivity contribution in [1.29, 1.82) is 0 Å². The van der Waals surface area contributed by atoms with Crippen molar-refractivity contribution in [2.75, 3.05) is 13.7 Å². The first-order valence-corrected chi connectivity index (χ1v) is 7.08. The van der Waals surface area contributed by atoms with Crippen LogP contribution in [0, 0.1) is 0 Å². The Morgan fingerprint density at radius 3 is 3.11 bits per heavy atom. The quantitative estimate of drug-likeness (QED) is 0.505. The Kier molecular flexibility index (Phi) is 4.55. The van der Waals surface area contributed by atoms with Gasteiger partial charge in [0.1, 0.15) is 0 Å². The Morgan fingerprint density at radius 2 is 2.39 bits per heavy atom. The first-order valence-electron chi connectivity index (χ1n) is 6.27. The van der Waals surface area contributed by atoms with Gasteiger partial charge in [0, 0.05) is 28.4 Å². The second kappa shape index (κ2) is 6.16.